The second-order valence-electron chi connectivity index (χ2n) is 7.68. The highest BCUT2D eigenvalue weighted by atomic mass is 32.2. The van der Waals surface area contributed by atoms with Crippen molar-refractivity contribution in [2.45, 2.75) is 29.2 Å². The van der Waals surface area contributed by atoms with E-state index in [-0.39, 0.29) is 17.0 Å². The maximum Gasteiger partial charge on any atom is 0.167 e. The number of ketones is 1. The highest BCUT2D eigenvalue weighted by Crippen LogP contribution is 2.38. The zero-order chi connectivity index (χ0) is 21.5. The molecule has 2 atom stereocenters. The zero-order valence-corrected chi connectivity index (χ0v) is 18.4. The Bertz CT molecular complexity index is 1090. The molecule has 1 heterocycles. The SMILES string of the molecule is Cn1ccnc1S[C@H](Cc1ccccc1)[C@@H](CC(=O)c1ccccc1)c1ccccc1. The third kappa shape index (κ3) is 5.53. The number of rotatable bonds is 9. The summed E-state index contributed by atoms with van der Waals surface area (Å²) in [5.74, 6) is 0.240. The molecule has 0 amide bonds. The molecule has 0 radical (unpaired) electrons. The van der Waals surface area contributed by atoms with Gasteiger partial charge in [0, 0.05) is 42.6 Å². The van der Waals surface area contributed by atoms with E-state index in [0.717, 1.165) is 17.1 Å². The van der Waals surface area contributed by atoms with Crippen LogP contribution in [0.4, 0.5) is 0 Å². The largest absolute Gasteiger partial charge is 0.329 e. The summed E-state index contributed by atoms with van der Waals surface area (Å²) >= 11 is 1.76. The van der Waals surface area contributed by atoms with E-state index in [1.165, 1.54) is 11.1 Å². The van der Waals surface area contributed by atoms with Gasteiger partial charge in [-0.15, -0.1) is 0 Å². The van der Waals surface area contributed by atoms with Crippen LogP contribution in [-0.4, -0.2) is 20.6 Å². The van der Waals surface area contributed by atoms with Crippen LogP contribution in [0.25, 0.3) is 0 Å². The third-order valence-electron chi connectivity index (χ3n) is 5.49. The molecule has 4 rings (SSSR count). The molecular formula is C27H26N2OS. The van der Waals surface area contributed by atoms with Crippen LogP contribution in [-0.2, 0) is 13.5 Å². The van der Waals surface area contributed by atoms with E-state index < -0.39 is 0 Å². The van der Waals surface area contributed by atoms with E-state index in [9.17, 15) is 4.79 Å². The summed E-state index contributed by atoms with van der Waals surface area (Å²) in [6.45, 7) is 0. The summed E-state index contributed by atoms with van der Waals surface area (Å²) < 4.78 is 2.05. The number of aromatic nitrogens is 2. The van der Waals surface area contributed by atoms with Gasteiger partial charge in [-0.1, -0.05) is 103 Å². The van der Waals surface area contributed by atoms with Crippen molar-refractivity contribution in [3.63, 3.8) is 0 Å². The maximum absolute atomic E-state index is 13.2. The van der Waals surface area contributed by atoms with Crippen molar-refractivity contribution in [3.8, 4) is 0 Å². The van der Waals surface area contributed by atoms with Crippen molar-refractivity contribution in [2.75, 3.05) is 0 Å². The number of imidazole rings is 1. The van der Waals surface area contributed by atoms with E-state index in [1.807, 2.05) is 66.5 Å². The molecule has 0 unspecified atom stereocenters. The molecule has 0 spiro atoms. The van der Waals surface area contributed by atoms with Gasteiger partial charge in [0.25, 0.3) is 0 Å². The van der Waals surface area contributed by atoms with Crippen molar-refractivity contribution in [2.24, 2.45) is 7.05 Å². The van der Waals surface area contributed by atoms with Gasteiger partial charge in [-0.25, -0.2) is 4.98 Å². The highest BCUT2D eigenvalue weighted by Gasteiger charge is 2.28. The molecule has 1 aromatic heterocycles. The van der Waals surface area contributed by atoms with Gasteiger partial charge in [-0.05, 0) is 17.5 Å². The van der Waals surface area contributed by atoms with Gasteiger partial charge in [0.2, 0.25) is 0 Å². The second-order valence-corrected chi connectivity index (χ2v) is 8.88. The first kappa shape index (κ1) is 21.1. The summed E-state index contributed by atoms with van der Waals surface area (Å²) in [5, 5.41) is 1.13. The van der Waals surface area contributed by atoms with Crippen LogP contribution in [0.15, 0.2) is 109 Å². The average molecular weight is 427 g/mol. The number of Topliss-reactive ketones (excluding diaryl/α,β-unsaturated/α-hetero) is 1. The van der Waals surface area contributed by atoms with Crippen molar-refractivity contribution in [3.05, 3.63) is 120 Å². The first-order valence-electron chi connectivity index (χ1n) is 10.5. The quantitative estimate of drug-likeness (QED) is 0.237. The number of thioether (sulfide) groups is 1. The summed E-state index contributed by atoms with van der Waals surface area (Å²) in [7, 11) is 2.02. The molecule has 3 nitrogen and oxygen atoms in total. The number of nitrogens with zero attached hydrogens (tertiary/aromatic N) is 2. The molecule has 3 aromatic carbocycles. The van der Waals surface area contributed by atoms with Crippen molar-refractivity contribution in [1.82, 2.24) is 9.55 Å². The van der Waals surface area contributed by atoms with Crippen LogP contribution in [0.1, 0.15) is 33.8 Å². The van der Waals surface area contributed by atoms with Crippen molar-refractivity contribution >= 4 is 17.5 Å². The first-order valence-corrected chi connectivity index (χ1v) is 11.4. The Balaban J connectivity index is 1.69. The van der Waals surface area contributed by atoms with Crippen LogP contribution in [0.3, 0.4) is 0 Å². The van der Waals surface area contributed by atoms with Crippen LogP contribution >= 0.6 is 11.8 Å². The molecule has 0 aliphatic carbocycles. The minimum atomic E-state index is 0.0656. The molecule has 156 valence electrons. The molecule has 4 aromatic rings. The van der Waals surface area contributed by atoms with Gasteiger partial charge in [-0.2, -0.15) is 0 Å². The molecule has 0 bridgehead atoms. The van der Waals surface area contributed by atoms with E-state index in [4.69, 9.17) is 0 Å². The van der Waals surface area contributed by atoms with Gasteiger partial charge < -0.3 is 4.57 Å². The van der Waals surface area contributed by atoms with Crippen LogP contribution in [0.5, 0.6) is 0 Å². The highest BCUT2D eigenvalue weighted by molar-refractivity contribution is 7.99. The fourth-order valence-electron chi connectivity index (χ4n) is 3.82. The standard InChI is InChI=1S/C27H26N2OS/c1-29-18-17-28-27(29)31-26(19-21-11-5-2-6-12-21)24(22-13-7-3-8-14-22)20-25(30)23-15-9-4-10-16-23/h2-18,24,26H,19-20H2,1H3/t24-,26+/m0/s1. The van der Waals surface area contributed by atoms with Crippen molar-refractivity contribution < 1.29 is 4.79 Å². The molecule has 31 heavy (non-hydrogen) atoms. The molecule has 0 aliphatic heterocycles. The summed E-state index contributed by atoms with van der Waals surface area (Å²) in [6.07, 6.45) is 5.12. The number of carbonyl (C=O) groups is 1. The lowest BCUT2D eigenvalue weighted by Gasteiger charge is -2.27. The van der Waals surface area contributed by atoms with Crippen molar-refractivity contribution in [1.29, 1.82) is 0 Å². The Kier molecular flexibility index (Phi) is 7.00. The smallest absolute Gasteiger partial charge is 0.167 e. The number of hydrogen-bond donors (Lipinski definition) is 0. The normalized spacial score (nSPS) is 12.9. The topological polar surface area (TPSA) is 34.9 Å². The van der Waals surface area contributed by atoms with E-state index in [1.54, 1.807) is 11.8 Å². The van der Waals surface area contributed by atoms with Crippen LogP contribution < -0.4 is 0 Å². The fourth-order valence-corrected chi connectivity index (χ4v) is 5.13. The molecule has 0 N–H and O–H groups in total. The monoisotopic (exact) mass is 426 g/mol. The van der Waals surface area contributed by atoms with Crippen LogP contribution in [0, 0.1) is 0 Å². The minimum Gasteiger partial charge on any atom is -0.329 e. The Morgan fingerprint density at radius 2 is 1.52 bits per heavy atom. The maximum atomic E-state index is 13.2. The van der Waals surface area contributed by atoms with E-state index in [2.05, 4.69) is 53.5 Å². The van der Waals surface area contributed by atoms with Gasteiger partial charge >= 0.3 is 0 Å². The first-order chi connectivity index (χ1) is 15.2. The number of carbonyl (C=O) groups excluding carboxylic acids is 1. The lowest BCUT2D eigenvalue weighted by molar-refractivity contribution is 0.0973. The Morgan fingerprint density at radius 1 is 0.903 bits per heavy atom. The number of benzene rings is 3. The number of aryl methyl sites for hydroxylation is 1. The molecule has 0 saturated carbocycles. The van der Waals surface area contributed by atoms with Gasteiger partial charge in [0.05, 0.1) is 0 Å². The number of hydrogen-bond acceptors (Lipinski definition) is 3. The predicted molar refractivity (Wildman–Crippen MR) is 128 cm³/mol. The minimum absolute atomic E-state index is 0.0656. The van der Waals surface area contributed by atoms with Gasteiger partial charge in [-0.3, -0.25) is 4.79 Å². The van der Waals surface area contributed by atoms with Gasteiger partial charge in [0.1, 0.15) is 0 Å². The molecule has 0 aliphatic rings. The lowest BCUT2D eigenvalue weighted by atomic mass is 9.86. The van der Waals surface area contributed by atoms with Gasteiger partial charge in [0.15, 0.2) is 10.9 Å². The molecule has 4 heteroatoms. The zero-order valence-electron chi connectivity index (χ0n) is 17.6. The van der Waals surface area contributed by atoms with E-state index >= 15 is 0 Å². The molecular weight excluding hydrogens is 400 g/mol. The second kappa shape index (κ2) is 10.3. The molecule has 0 fully saturated rings. The molecule has 0 saturated heterocycles. The lowest BCUT2D eigenvalue weighted by Crippen LogP contribution is -2.22. The summed E-state index contributed by atoms with van der Waals surface area (Å²) in [4.78, 5) is 17.8. The summed E-state index contributed by atoms with van der Waals surface area (Å²) in [6, 6.07) is 30.5. The Labute approximate surface area is 188 Å². The summed E-state index contributed by atoms with van der Waals surface area (Å²) in [5.41, 5.74) is 3.22. The Morgan fingerprint density at radius 3 is 2.13 bits per heavy atom. The Hall–Kier alpha value is -3.11. The fraction of sp³-hybridized carbons (Fsp3) is 0.185. The van der Waals surface area contributed by atoms with E-state index in [0.29, 0.717) is 6.42 Å². The predicted octanol–water partition coefficient (Wildman–Crippen LogP) is 6.18. The third-order valence-corrected chi connectivity index (χ3v) is 6.89. The average Bonchev–Trinajstić information content (AvgIpc) is 3.23. The van der Waals surface area contributed by atoms with Crippen LogP contribution in [0.2, 0.25) is 0 Å².